The molecular formula is C15H27N3O3. The minimum absolute atomic E-state index is 0.0568. The molecule has 0 aromatic carbocycles. The van der Waals surface area contributed by atoms with Crippen LogP contribution in [0, 0.1) is 5.92 Å². The molecule has 2 N–H and O–H groups in total. The molecule has 0 bridgehead atoms. The fourth-order valence-corrected chi connectivity index (χ4v) is 3.13. The average Bonchev–Trinajstić information content (AvgIpc) is 2.52. The molecule has 2 rings (SSSR count). The Hall–Kier alpha value is -1.14. The third-order valence-electron chi connectivity index (χ3n) is 4.49. The van der Waals surface area contributed by atoms with Crippen LogP contribution in [-0.2, 0) is 14.3 Å². The number of amides is 2. The molecule has 0 saturated carbocycles. The first-order valence-corrected chi connectivity index (χ1v) is 7.97. The summed E-state index contributed by atoms with van der Waals surface area (Å²) in [5, 5.41) is 0. The summed E-state index contributed by atoms with van der Waals surface area (Å²) in [4.78, 5) is 28.1. The zero-order chi connectivity index (χ0) is 15.2. The standard InChI is InChI=1S/C15H27N3O3/c1-12-4-5-18(13(10-12)11-16)15(20)3-2-14(19)17-6-8-21-9-7-17/h12-13H,2-11,16H2,1H3. The maximum absolute atomic E-state index is 12.3. The van der Waals surface area contributed by atoms with E-state index in [0.29, 0.717) is 51.6 Å². The van der Waals surface area contributed by atoms with Crippen molar-refractivity contribution in [2.24, 2.45) is 11.7 Å². The van der Waals surface area contributed by atoms with Crippen molar-refractivity contribution in [3.05, 3.63) is 0 Å². The molecule has 2 atom stereocenters. The van der Waals surface area contributed by atoms with Gasteiger partial charge < -0.3 is 20.3 Å². The minimum Gasteiger partial charge on any atom is -0.378 e. The fraction of sp³-hybridized carbons (Fsp3) is 0.867. The largest absolute Gasteiger partial charge is 0.378 e. The van der Waals surface area contributed by atoms with Crippen LogP contribution in [0.25, 0.3) is 0 Å². The lowest BCUT2D eigenvalue weighted by Gasteiger charge is -2.38. The molecule has 2 aliphatic rings. The summed E-state index contributed by atoms with van der Waals surface area (Å²) in [6.07, 6.45) is 2.59. The molecule has 2 amide bonds. The predicted octanol–water partition coefficient (Wildman–Crippen LogP) is 0.211. The number of rotatable bonds is 4. The zero-order valence-electron chi connectivity index (χ0n) is 12.9. The molecule has 0 aliphatic carbocycles. The van der Waals surface area contributed by atoms with Gasteiger partial charge in [-0.1, -0.05) is 6.92 Å². The van der Waals surface area contributed by atoms with Crippen molar-refractivity contribution >= 4 is 11.8 Å². The molecule has 0 aromatic heterocycles. The van der Waals surface area contributed by atoms with Gasteiger partial charge >= 0.3 is 0 Å². The summed E-state index contributed by atoms with van der Waals surface area (Å²) in [7, 11) is 0. The molecule has 0 aromatic rings. The number of ether oxygens (including phenoxy) is 1. The molecule has 2 fully saturated rings. The Bertz CT molecular complexity index is 369. The fourth-order valence-electron chi connectivity index (χ4n) is 3.13. The number of morpholine rings is 1. The van der Waals surface area contributed by atoms with Gasteiger partial charge in [-0.05, 0) is 18.8 Å². The van der Waals surface area contributed by atoms with E-state index in [4.69, 9.17) is 10.5 Å². The molecular weight excluding hydrogens is 270 g/mol. The highest BCUT2D eigenvalue weighted by Gasteiger charge is 2.29. The van der Waals surface area contributed by atoms with Gasteiger partial charge in [0.25, 0.3) is 0 Å². The molecule has 6 heteroatoms. The first kappa shape index (κ1) is 16.2. The average molecular weight is 297 g/mol. The first-order chi connectivity index (χ1) is 10.1. The number of likely N-dealkylation sites (tertiary alicyclic amines) is 1. The SMILES string of the molecule is CC1CCN(C(=O)CCC(=O)N2CCOCC2)C(CN)C1. The number of carbonyl (C=O) groups is 2. The maximum Gasteiger partial charge on any atom is 0.223 e. The van der Waals surface area contributed by atoms with Gasteiger partial charge in [0.05, 0.1) is 13.2 Å². The monoisotopic (exact) mass is 297 g/mol. The van der Waals surface area contributed by atoms with Gasteiger partial charge in [-0.2, -0.15) is 0 Å². The maximum atomic E-state index is 12.3. The smallest absolute Gasteiger partial charge is 0.223 e. The van der Waals surface area contributed by atoms with Crippen molar-refractivity contribution in [3.63, 3.8) is 0 Å². The molecule has 2 heterocycles. The van der Waals surface area contributed by atoms with E-state index in [9.17, 15) is 9.59 Å². The predicted molar refractivity (Wildman–Crippen MR) is 79.6 cm³/mol. The summed E-state index contributed by atoms with van der Waals surface area (Å²) < 4.78 is 5.23. The molecule has 120 valence electrons. The van der Waals surface area contributed by atoms with Crippen LogP contribution in [0.2, 0.25) is 0 Å². The third kappa shape index (κ3) is 4.41. The highest BCUT2D eigenvalue weighted by Crippen LogP contribution is 2.22. The Labute approximate surface area is 126 Å². The van der Waals surface area contributed by atoms with Crippen LogP contribution in [0.15, 0.2) is 0 Å². The van der Waals surface area contributed by atoms with E-state index in [1.54, 1.807) is 4.90 Å². The number of nitrogens with zero attached hydrogens (tertiary/aromatic N) is 2. The van der Waals surface area contributed by atoms with Crippen LogP contribution in [0.4, 0.5) is 0 Å². The summed E-state index contributed by atoms with van der Waals surface area (Å²) in [5.41, 5.74) is 5.78. The second-order valence-electron chi connectivity index (χ2n) is 6.10. The number of piperidine rings is 1. The molecule has 6 nitrogen and oxygen atoms in total. The van der Waals surface area contributed by atoms with E-state index in [2.05, 4.69) is 6.92 Å². The minimum atomic E-state index is 0.0568. The van der Waals surface area contributed by atoms with Crippen LogP contribution in [0.1, 0.15) is 32.6 Å². The topological polar surface area (TPSA) is 75.9 Å². The van der Waals surface area contributed by atoms with E-state index < -0.39 is 0 Å². The van der Waals surface area contributed by atoms with Gasteiger partial charge in [-0.15, -0.1) is 0 Å². The summed E-state index contributed by atoms with van der Waals surface area (Å²) in [6, 6.07) is 0.139. The second kappa shape index (κ2) is 7.75. The van der Waals surface area contributed by atoms with E-state index in [0.717, 1.165) is 19.4 Å². The Morgan fingerprint density at radius 2 is 1.81 bits per heavy atom. The van der Waals surface area contributed by atoms with Gasteiger partial charge in [0.1, 0.15) is 0 Å². The highest BCUT2D eigenvalue weighted by molar-refractivity contribution is 5.84. The number of hydrogen-bond donors (Lipinski definition) is 1. The summed E-state index contributed by atoms with van der Waals surface area (Å²) in [5.74, 6) is 0.748. The lowest BCUT2D eigenvalue weighted by molar-refractivity contribution is -0.141. The van der Waals surface area contributed by atoms with Gasteiger partial charge in [-0.3, -0.25) is 9.59 Å². The van der Waals surface area contributed by atoms with Gasteiger partial charge in [0.2, 0.25) is 11.8 Å². The van der Waals surface area contributed by atoms with Crippen molar-refractivity contribution in [1.29, 1.82) is 0 Å². The van der Waals surface area contributed by atoms with Crippen LogP contribution >= 0.6 is 0 Å². The Kier molecular flexibility index (Phi) is 5.99. The van der Waals surface area contributed by atoms with Crippen molar-refractivity contribution in [3.8, 4) is 0 Å². The van der Waals surface area contributed by atoms with E-state index in [1.807, 2.05) is 4.90 Å². The molecule has 21 heavy (non-hydrogen) atoms. The van der Waals surface area contributed by atoms with Crippen molar-refractivity contribution in [2.75, 3.05) is 39.4 Å². The zero-order valence-corrected chi connectivity index (χ0v) is 12.9. The molecule has 2 unspecified atom stereocenters. The van der Waals surface area contributed by atoms with Crippen molar-refractivity contribution in [2.45, 2.75) is 38.6 Å². The van der Waals surface area contributed by atoms with Crippen LogP contribution in [0.5, 0.6) is 0 Å². The van der Waals surface area contributed by atoms with Crippen LogP contribution in [-0.4, -0.2) is 67.0 Å². The van der Waals surface area contributed by atoms with Crippen molar-refractivity contribution < 1.29 is 14.3 Å². The number of carbonyl (C=O) groups excluding carboxylic acids is 2. The Balaban J connectivity index is 1.79. The second-order valence-corrected chi connectivity index (χ2v) is 6.10. The third-order valence-corrected chi connectivity index (χ3v) is 4.49. The van der Waals surface area contributed by atoms with Gasteiger partial charge in [0, 0.05) is 45.1 Å². The van der Waals surface area contributed by atoms with Crippen LogP contribution < -0.4 is 5.73 Å². The molecule has 2 aliphatic heterocycles. The quantitative estimate of drug-likeness (QED) is 0.805. The van der Waals surface area contributed by atoms with Gasteiger partial charge in [0.15, 0.2) is 0 Å². The Morgan fingerprint density at radius 1 is 1.14 bits per heavy atom. The summed E-state index contributed by atoms with van der Waals surface area (Å²) in [6.45, 7) is 5.95. The van der Waals surface area contributed by atoms with E-state index in [1.165, 1.54) is 0 Å². The van der Waals surface area contributed by atoms with E-state index in [-0.39, 0.29) is 17.9 Å². The lowest BCUT2D eigenvalue weighted by Crippen LogP contribution is -2.49. The Morgan fingerprint density at radius 3 is 2.48 bits per heavy atom. The number of nitrogens with two attached hydrogens (primary N) is 1. The summed E-state index contributed by atoms with van der Waals surface area (Å²) >= 11 is 0. The molecule has 0 radical (unpaired) electrons. The van der Waals surface area contributed by atoms with Gasteiger partial charge in [-0.25, -0.2) is 0 Å². The normalized spacial score (nSPS) is 26.8. The lowest BCUT2D eigenvalue weighted by atomic mass is 9.92. The molecule has 2 saturated heterocycles. The molecule has 0 spiro atoms. The van der Waals surface area contributed by atoms with Crippen molar-refractivity contribution in [1.82, 2.24) is 9.80 Å². The highest BCUT2D eigenvalue weighted by atomic mass is 16.5. The van der Waals surface area contributed by atoms with Crippen LogP contribution in [0.3, 0.4) is 0 Å². The first-order valence-electron chi connectivity index (χ1n) is 7.97. The van der Waals surface area contributed by atoms with E-state index >= 15 is 0 Å². The number of hydrogen-bond acceptors (Lipinski definition) is 4.